The molecule has 3 rings (SSSR count). The first-order chi connectivity index (χ1) is 12.3. The number of sulfonamides is 1. The number of carbonyl (C=O) groups is 2. The second-order valence-electron chi connectivity index (χ2n) is 5.37. The van der Waals surface area contributed by atoms with Crippen molar-refractivity contribution in [3.05, 3.63) is 48.0 Å². The van der Waals surface area contributed by atoms with E-state index in [0.717, 1.165) is 0 Å². The number of ether oxygens (including phenoxy) is 2. The number of anilines is 1. The quantitative estimate of drug-likeness (QED) is 0.691. The van der Waals surface area contributed by atoms with Crippen LogP contribution in [-0.4, -0.2) is 33.6 Å². The molecule has 2 aromatic rings. The van der Waals surface area contributed by atoms with Gasteiger partial charge in [0.1, 0.15) is 0 Å². The van der Waals surface area contributed by atoms with Gasteiger partial charge in [0.05, 0.1) is 11.4 Å². The molecule has 1 heterocycles. The fourth-order valence-electron chi connectivity index (χ4n) is 2.23. The van der Waals surface area contributed by atoms with E-state index in [4.69, 9.17) is 14.6 Å². The Balaban J connectivity index is 1.54. The molecule has 0 atom stereocenters. The molecule has 0 saturated heterocycles. The highest BCUT2D eigenvalue weighted by atomic mass is 32.2. The highest BCUT2D eigenvalue weighted by Crippen LogP contribution is 2.32. The fourth-order valence-corrected chi connectivity index (χ4v) is 2.75. The first-order valence-corrected chi connectivity index (χ1v) is 8.98. The molecule has 2 aromatic carbocycles. The summed E-state index contributed by atoms with van der Waals surface area (Å²) in [5.74, 6) is 0.116. The SMILES string of the molecule is NS(=O)(=O)c1ccc(NC(=O)CNC(=O)c2ccc3c(c2)OCO3)cc1. The topological polar surface area (TPSA) is 137 Å². The number of fused-ring (bicyclic) bond motifs is 1. The minimum atomic E-state index is -3.79. The molecule has 0 aliphatic carbocycles. The van der Waals surface area contributed by atoms with Gasteiger partial charge in [-0.2, -0.15) is 0 Å². The average Bonchev–Trinajstić information content (AvgIpc) is 3.07. The number of carbonyl (C=O) groups excluding carboxylic acids is 2. The molecule has 10 heteroatoms. The van der Waals surface area contributed by atoms with Gasteiger partial charge in [-0.05, 0) is 42.5 Å². The van der Waals surface area contributed by atoms with Gasteiger partial charge in [0.25, 0.3) is 5.91 Å². The van der Waals surface area contributed by atoms with Crippen LogP contribution in [0.5, 0.6) is 11.5 Å². The summed E-state index contributed by atoms with van der Waals surface area (Å²) in [6, 6.07) is 10.1. The molecule has 136 valence electrons. The minimum absolute atomic E-state index is 0.0633. The summed E-state index contributed by atoms with van der Waals surface area (Å²) in [5.41, 5.74) is 0.708. The number of nitrogens with one attached hydrogen (secondary N) is 2. The number of nitrogens with two attached hydrogens (primary N) is 1. The van der Waals surface area contributed by atoms with Crippen LogP contribution in [0.15, 0.2) is 47.4 Å². The number of benzene rings is 2. The molecule has 0 saturated carbocycles. The average molecular weight is 377 g/mol. The Morgan fingerprint density at radius 3 is 2.42 bits per heavy atom. The molecule has 0 fully saturated rings. The third-order valence-electron chi connectivity index (χ3n) is 3.51. The van der Waals surface area contributed by atoms with Gasteiger partial charge in [0.2, 0.25) is 22.7 Å². The van der Waals surface area contributed by atoms with Crippen LogP contribution in [0.2, 0.25) is 0 Å². The van der Waals surface area contributed by atoms with Gasteiger partial charge in [0, 0.05) is 11.3 Å². The standard InChI is InChI=1S/C16H15N3O6S/c17-26(22,23)12-4-2-11(3-5-12)19-15(20)8-18-16(21)10-1-6-13-14(7-10)25-9-24-13/h1-7H,8-9H2,(H,18,21)(H,19,20)(H2,17,22,23). The van der Waals surface area contributed by atoms with Crippen molar-refractivity contribution in [1.29, 1.82) is 0 Å². The van der Waals surface area contributed by atoms with Crippen LogP contribution in [0.3, 0.4) is 0 Å². The molecule has 0 unspecified atom stereocenters. The first kappa shape index (κ1) is 17.7. The predicted molar refractivity (Wildman–Crippen MR) is 91.3 cm³/mol. The summed E-state index contributed by atoms with van der Waals surface area (Å²) < 4.78 is 32.7. The summed E-state index contributed by atoms with van der Waals surface area (Å²) >= 11 is 0. The molecule has 2 amide bonds. The highest BCUT2D eigenvalue weighted by Gasteiger charge is 2.16. The van der Waals surface area contributed by atoms with E-state index in [1.165, 1.54) is 30.3 Å². The molecule has 1 aliphatic heterocycles. The lowest BCUT2D eigenvalue weighted by molar-refractivity contribution is -0.115. The van der Waals surface area contributed by atoms with Crippen LogP contribution in [-0.2, 0) is 14.8 Å². The van der Waals surface area contributed by atoms with Crippen LogP contribution in [0.1, 0.15) is 10.4 Å². The predicted octanol–water partition coefficient (Wildman–Crippen LogP) is 0.431. The van der Waals surface area contributed by atoms with E-state index in [1.807, 2.05) is 0 Å². The van der Waals surface area contributed by atoms with Crippen molar-refractivity contribution in [2.75, 3.05) is 18.7 Å². The van der Waals surface area contributed by atoms with Gasteiger partial charge in [-0.3, -0.25) is 9.59 Å². The molecule has 9 nitrogen and oxygen atoms in total. The Labute approximate surface area is 149 Å². The lowest BCUT2D eigenvalue weighted by atomic mass is 10.2. The number of hydrogen-bond donors (Lipinski definition) is 3. The summed E-state index contributed by atoms with van der Waals surface area (Å²) in [6.07, 6.45) is 0. The molecule has 0 spiro atoms. The molecule has 4 N–H and O–H groups in total. The molecule has 1 aliphatic rings. The molecular formula is C16H15N3O6S. The largest absolute Gasteiger partial charge is 0.454 e. The molecular weight excluding hydrogens is 362 g/mol. The molecule has 0 aromatic heterocycles. The second kappa shape index (κ2) is 7.02. The van der Waals surface area contributed by atoms with Crippen LogP contribution >= 0.6 is 0 Å². The molecule has 0 radical (unpaired) electrons. The van der Waals surface area contributed by atoms with Gasteiger partial charge < -0.3 is 20.1 Å². The third kappa shape index (κ3) is 4.10. The van der Waals surface area contributed by atoms with E-state index in [-0.39, 0.29) is 18.2 Å². The third-order valence-corrected chi connectivity index (χ3v) is 4.44. The monoisotopic (exact) mass is 377 g/mol. The van der Waals surface area contributed by atoms with Crippen LogP contribution in [0, 0.1) is 0 Å². The van der Waals surface area contributed by atoms with Crippen molar-refractivity contribution in [3.8, 4) is 11.5 Å². The van der Waals surface area contributed by atoms with Crippen molar-refractivity contribution >= 4 is 27.5 Å². The van der Waals surface area contributed by atoms with Crippen molar-refractivity contribution < 1.29 is 27.5 Å². The summed E-state index contributed by atoms with van der Waals surface area (Å²) in [5, 5.41) is 10.0. The lowest BCUT2D eigenvalue weighted by Gasteiger charge is -2.08. The van der Waals surface area contributed by atoms with Gasteiger partial charge >= 0.3 is 0 Å². The number of rotatable bonds is 5. The number of hydrogen-bond acceptors (Lipinski definition) is 6. The lowest BCUT2D eigenvalue weighted by Crippen LogP contribution is -2.32. The maximum atomic E-state index is 12.1. The van der Waals surface area contributed by atoms with E-state index >= 15 is 0 Å². The highest BCUT2D eigenvalue weighted by molar-refractivity contribution is 7.89. The van der Waals surface area contributed by atoms with Crippen LogP contribution in [0.4, 0.5) is 5.69 Å². The van der Waals surface area contributed by atoms with Gasteiger partial charge in [-0.1, -0.05) is 0 Å². The molecule has 0 bridgehead atoms. The van der Waals surface area contributed by atoms with Crippen molar-refractivity contribution in [1.82, 2.24) is 5.32 Å². The van der Waals surface area contributed by atoms with Gasteiger partial charge in [-0.15, -0.1) is 0 Å². The minimum Gasteiger partial charge on any atom is -0.454 e. The van der Waals surface area contributed by atoms with Crippen molar-refractivity contribution in [3.63, 3.8) is 0 Å². The summed E-state index contributed by atoms with van der Waals surface area (Å²) in [4.78, 5) is 23.9. The Morgan fingerprint density at radius 2 is 1.73 bits per heavy atom. The summed E-state index contributed by atoms with van der Waals surface area (Å²) in [6.45, 7) is -0.155. The van der Waals surface area contributed by atoms with E-state index in [2.05, 4.69) is 10.6 Å². The Morgan fingerprint density at radius 1 is 1.04 bits per heavy atom. The fraction of sp³-hybridized carbons (Fsp3) is 0.125. The zero-order chi connectivity index (χ0) is 18.7. The second-order valence-corrected chi connectivity index (χ2v) is 6.93. The van der Waals surface area contributed by atoms with E-state index in [1.54, 1.807) is 12.1 Å². The zero-order valence-electron chi connectivity index (χ0n) is 13.4. The first-order valence-electron chi connectivity index (χ1n) is 7.43. The normalized spacial score (nSPS) is 12.5. The summed E-state index contributed by atoms with van der Waals surface area (Å²) in [7, 11) is -3.79. The maximum absolute atomic E-state index is 12.1. The van der Waals surface area contributed by atoms with Gasteiger partial charge in [0.15, 0.2) is 11.5 Å². The van der Waals surface area contributed by atoms with Crippen LogP contribution in [0.25, 0.3) is 0 Å². The maximum Gasteiger partial charge on any atom is 0.251 e. The number of amides is 2. The Hall–Kier alpha value is -3.11. The van der Waals surface area contributed by atoms with Crippen LogP contribution < -0.4 is 25.2 Å². The van der Waals surface area contributed by atoms with E-state index < -0.39 is 21.8 Å². The smallest absolute Gasteiger partial charge is 0.251 e. The Bertz CT molecular complexity index is 956. The zero-order valence-corrected chi connectivity index (χ0v) is 14.2. The van der Waals surface area contributed by atoms with E-state index in [0.29, 0.717) is 22.7 Å². The van der Waals surface area contributed by atoms with Gasteiger partial charge in [-0.25, -0.2) is 13.6 Å². The Kier molecular flexibility index (Phi) is 4.78. The van der Waals surface area contributed by atoms with Crippen molar-refractivity contribution in [2.45, 2.75) is 4.90 Å². The van der Waals surface area contributed by atoms with Crippen molar-refractivity contribution in [2.24, 2.45) is 5.14 Å². The number of primary sulfonamides is 1. The molecule has 26 heavy (non-hydrogen) atoms. The van der Waals surface area contributed by atoms with E-state index in [9.17, 15) is 18.0 Å².